The summed E-state index contributed by atoms with van der Waals surface area (Å²) in [7, 11) is 0. The number of nitrogens with two attached hydrogens (primary N) is 1. The third-order valence-electron chi connectivity index (χ3n) is 2.90. The molecule has 0 spiro atoms. The average molecular weight is 246 g/mol. The van der Waals surface area contributed by atoms with Crippen molar-refractivity contribution in [3.8, 4) is 0 Å². The Kier molecular flexibility index (Phi) is 4.18. The van der Waals surface area contributed by atoms with Crippen LogP contribution in [0.5, 0.6) is 0 Å². The highest BCUT2D eigenvalue weighted by atomic mass is 32.1. The van der Waals surface area contributed by atoms with Gasteiger partial charge >= 0.3 is 0 Å². The number of hydrogen-bond acceptors (Lipinski definition) is 3. The van der Waals surface area contributed by atoms with E-state index < -0.39 is 0 Å². The number of hydrogen-bond donors (Lipinski definition) is 2. The Hall–Kier alpha value is -1.32. The highest BCUT2D eigenvalue weighted by molar-refractivity contribution is 7.10. The van der Waals surface area contributed by atoms with Crippen LogP contribution in [0.1, 0.15) is 29.8 Å². The summed E-state index contributed by atoms with van der Waals surface area (Å²) in [4.78, 5) is 1.22. The Morgan fingerprint density at radius 1 is 1.24 bits per heavy atom. The fraction of sp³-hybridized carbons (Fsp3) is 0.286. The first-order valence-electron chi connectivity index (χ1n) is 5.91. The molecule has 90 valence electrons. The van der Waals surface area contributed by atoms with Crippen LogP contribution < -0.4 is 11.1 Å². The molecule has 0 amide bonds. The van der Waals surface area contributed by atoms with E-state index in [4.69, 9.17) is 5.73 Å². The van der Waals surface area contributed by atoms with Crippen LogP contribution in [0.25, 0.3) is 0 Å². The molecule has 0 aliphatic heterocycles. The summed E-state index contributed by atoms with van der Waals surface area (Å²) in [6, 6.07) is 12.9. The summed E-state index contributed by atoms with van der Waals surface area (Å²) in [5.41, 5.74) is 8.11. The molecule has 1 unspecified atom stereocenters. The van der Waals surface area contributed by atoms with E-state index in [9.17, 15) is 0 Å². The van der Waals surface area contributed by atoms with Crippen molar-refractivity contribution in [3.63, 3.8) is 0 Å². The molecule has 3 heteroatoms. The van der Waals surface area contributed by atoms with Gasteiger partial charge in [-0.3, -0.25) is 0 Å². The van der Waals surface area contributed by atoms with Crippen LogP contribution in [0, 0.1) is 0 Å². The van der Waals surface area contributed by atoms with Gasteiger partial charge in [0.15, 0.2) is 0 Å². The molecule has 0 radical (unpaired) electrons. The highest BCUT2D eigenvalue weighted by Gasteiger charge is 2.09. The highest BCUT2D eigenvalue weighted by Crippen LogP contribution is 2.21. The van der Waals surface area contributed by atoms with Gasteiger partial charge in [-0.1, -0.05) is 37.3 Å². The molecule has 17 heavy (non-hydrogen) atoms. The standard InChI is InChI=1S/C14H18N2S/c1-2-13(11-6-4-3-5-7-11)16-10-14-12(15)8-9-17-14/h3-9,13,16H,2,10,15H2,1H3. The van der Waals surface area contributed by atoms with E-state index in [1.54, 1.807) is 11.3 Å². The fourth-order valence-corrected chi connectivity index (χ4v) is 2.64. The van der Waals surface area contributed by atoms with Crippen LogP contribution >= 0.6 is 11.3 Å². The molecule has 0 saturated carbocycles. The summed E-state index contributed by atoms with van der Waals surface area (Å²) < 4.78 is 0. The van der Waals surface area contributed by atoms with E-state index in [0.29, 0.717) is 6.04 Å². The lowest BCUT2D eigenvalue weighted by Crippen LogP contribution is -2.20. The van der Waals surface area contributed by atoms with Crippen LogP contribution in [0.15, 0.2) is 41.8 Å². The quantitative estimate of drug-likeness (QED) is 0.846. The lowest BCUT2D eigenvalue weighted by Gasteiger charge is -2.17. The largest absolute Gasteiger partial charge is 0.398 e. The van der Waals surface area contributed by atoms with Crippen LogP contribution in [0.3, 0.4) is 0 Å². The zero-order chi connectivity index (χ0) is 12.1. The van der Waals surface area contributed by atoms with Gasteiger partial charge < -0.3 is 11.1 Å². The monoisotopic (exact) mass is 246 g/mol. The van der Waals surface area contributed by atoms with Crippen molar-refractivity contribution < 1.29 is 0 Å². The van der Waals surface area contributed by atoms with Gasteiger partial charge in [-0.15, -0.1) is 11.3 Å². The average Bonchev–Trinajstić information content (AvgIpc) is 2.77. The van der Waals surface area contributed by atoms with Gasteiger partial charge in [-0.05, 0) is 23.4 Å². The minimum atomic E-state index is 0.401. The summed E-state index contributed by atoms with van der Waals surface area (Å²) in [6.45, 7) is 3.04. The predicted octanol–water partition coefficient (Wildman–Crippen LogP) is 3.57. The molecule has 1 heterocycles. The number of nitrogens with one attached hydrogen (secondary N) is 1. The first-order valence-corrected chi connectivity index (χ1v) is 6.79. The molecule has 2 nitrogen and oxygen atoms in total. The van der Waals surface area contributed by atoms with Gasteiger partial charge in [0.25, 0.3) is 0 Å². The second kappa shape index (κ2) is 5.84. The maximum absolute atomic E-state index is 5.88. The molecular weight excluding hydrogens is 228 g/mol. The van der Waals surface area contributed by atoms with Crippen molar-refractivity contribution in [2.45, 2.75) is 25.9 Å². The summed E-state index contributed by atoms with van der Waals surface area (Å²) in [5.74, 6) is 0. The molecule has 0 fully saturated rings. The Morgan fingerprint density at radius 3 is 2.59 bits per heavy atom. The summed E-state index contributed by atoms with van der Waals surface area (Å²) in [5, 5.41) is 5.60. The van der Waals surface area contributed by atoms with Crippen molar-refractivity contribution >= 4 is 17.0 Å². The normalized spacial score (nSPS) is 12.5. The maximum Gasteiger partial charge on any atom is 0.0468 e. The Balaban J connectivity index is 1.99. The van der Waals surface area contributed by atoms with E-state index in [-0.39, 0.29) is 0 Å². The molecule has 0 aliphatic carbocycles. The van der Waals surface area contributed by atoms with E-state index in [1.165, 1.54) is 10.4 Å². The van der Waals surface area contributed by atoms with Crippen LogP contribution in [0.2, 0.25) is 0 Å². The van der Waals surface area contributed by atoms with Gasteiger partial charge in [-0.2, -0.15) is 0 Å². The van der Waals surface area contributed by atoms with E-state index >= 15 is 0 Å². The lowest BCUT2D eigenvalue weighted by atomic mass is 10.0. The molecule has 2 aromatic rings. The molecule has 0 aliphatic rings. The minimum Gasteiger partial charge on any atom is -0.398 e. The van der Waals surface area contributed by atoms with Crippen LogP contribution in [0.4, 0.5) is 5.69 Å². The van der Waals surface area contributed by atoms with E-state index in [1.807, 2.05) is 17.5 Å². The first kappa shape index (κ1) is 12.1. The number of benzene rings is 1. The second-order valence-electron chi connectivity index (χ2n) is 4.05. The van der Waals surface area contributed by atoms with Gasteiger partial charge in [0.05, 0.1) is 0 Å². The first-order chi connectivity index (χ1) is 8.31. The van der Waals surface area contributed by atoms with Crippen molar-refractivity contribution in [1.29, 1.82) is 0 Å². The molecule has 2 rings (SSSR count). The van der Waals surface area contributed by atoms with E-state index in [2.05, 4.69) is 36.5 Å². The SMILES string of the molecule is CCC(NCc1sccc1N)c1ccccc1. The zero-order valence-electron chi connectivity index (χ0n) is 10.0. The number of thiophene rings is 1. The zero-order valence-corrected chi connectivity index (χ0v) is 10.8. The number of anilines is 1. The minimum absolute atomic E-state index is 0.401. The number of nitrogen functional groups attached to an aromatic ring is 1. The summed E-state index contributed by atoms with van der Waals surface area (Å²) in [6.07, 6.45) is 1.08. The Bertz CT molecular complexity index is 450. The predicted molar refractivity (Wildman–Crippen MR) is 75.0 cm³/mol. The van der Waals surface area contributed by atoms with Crippen molar-refractivity contribution in [1.82, 2.24) is 5.32 Å². The smallest absolute Gasteiger partial charge is 0.0468 e. The molecule has 0 saturated heterocycles. The van der Waals surface area contributed by atoms with Crippen molar-refractivity contribution in [3.05, 3.63) is 52.2 Å². The lowest BCUT2D eigenvalue weighted by molar-refractivity contribution is 0.522. The Morgan fingerprint density at radius 2 is 2.00 bits per heavy atom. The van der Waals surface area contributed by atoms with Crippen molar-refractivity contribution in [2.24, 2.45) is 0 Å². The molecule has 1 aromatic carbocycles. The topological polar surface area (TPSA) is 38.0 Å². The third-order valence-corrected chi connectivity index (χ3v) is 3.84. The van der Waals surface area contributed by atoms with Crippen LogP contribution in [-0.2, 0) is 6.54 Å². The Labute approximate surface area is 106 Å². The molecular formula is C14H18N2S. The van der Waals surface area contributed by atoms with E-state index in [0.717, 1.165) is 18.7 Å². The molecule has 0 bridgehead atoms. The molecule has 3 N–H and O–H groups in total. The van der Waals surface area contributed by atoms with Gasteiger partial charge in [0, 0.05) is 23.2 Å². The fourth-order valence-electron chi connectivity index (χ4n) is 1.89. The van der Waals surface area contributed by atoms with Gasteiger partial charge in [0.2, 0.25) is 0 Å². The molecule has 1 atom stereocenters. The maximum atomic E-state index is 5.88. The van der Waals surface area contributed by atoms with Gasteiger partial charge in [-0.25, -0.2) is 0 Å². The van der Waals surface area contributed by atoms with Crippen molar-refractivity contribution in [2.75, 3.05) is 5.73 Å². The summed E-state index contributed by atoms with van der Waals surface area (Å²) >= 11 is 1.71. The second-order valence-corrected chi connectivity index (χ2v) is 5.05. The number of rotatable bonds is 5. The third kappa shape index (κ3) is 3.08. The van der Waals surface area contributed by atoms with Crippen LogP contribution in [-0.4, -0.2) is 0 Å². The molecule has 1 aromatic heterocycles. The van der Waals surface area contributed by atoms with Gasteiger partial charge in [0.1, 0.15) is 0 Å².